The van der Waals surface area contributed by atoms with Gasteiger partial charge in [0.1, 0.15) is 0 Å². The van der Waals surface area contributed by atoms with E-state index in [9.17, 15) is 14.7 Å². The maximum Gasteiger partial charge on any atom is 0.308 e. The van der Waals surface area contributed by atoms with E-state index in [1.54, 1.807) is 15.8 Å². The van der Waals surface area contributed by atoms with Gasteiger partial charge < -0.3 is 14.7 Å². The Balaban J connectivity index is 1.77. The number of hydrogen-bond acceptors (Lipinski definition) is 4. The van der Waals surface area contributed by atoms with Gasteiger partial charge in [0.2, 0.25) is 5.91 Å². The third-order valence-electron chi connectivity index (χ3n) is 4.59. The highest BCUT2D eigenvalue weighted by Crippen LogP contribution is 2.31. The van der Waals surface area contributed by atoms with E-state index in [1.165, 1.54) is 0 Å². The summed E-state index contributed by atoms with van der Waals surface area (Å²) in [7, 11) is 1.83. The highest BCUT2D eigenvalue weighted by atomic mass is 16.5. The van der Waals surface area contributed by atoms with Crippen molar-refractivity contribution in [2.24, 2.45) is 18.9 Å². The van der Waals surface area contributed by atoms with Gasteiger partial charge in [0.25, 0.3) is 0 Å². The van der Waals surface area contributed by atoms with Gasteiger partial charge in [-0.3, -0.25) is 14.3 Å². The first-order valence-electron chi connectivity index (χ1n) is 7.62. The lowest BCUT2D eigenvalue weighted by atomic mass is 9.85. The Kier molecular flexibility index (Phi) is 4.15. The summed E-state index contributed by atoms with van der Waals surface area (Å²) in [4.78, 5) is 25.7. The van der Waals surface area contributed by atoms with Gasteiger partial charge in [-0.25, -0.2) is 0 Å². The molecule has 3 heterocycles. The molecule has 2 aliphatic rings. The minimum atomic E-state index is -0.839. The number of carboxylic acids is 1. The molecule has 0 spiro atoms. The second kappa shape index (κ2) is 6.08. The summed E-state index contributed by atoms with van der Waals surface area (Å²) in [6.45, 7) is 1.91. The Morgan fingerprint density at radius 1 is 1.36 bits per heavy atom. The van der Waals surface area contributed by atoms with Crippen LogP contribution >= 0.6 is 0 Å². The SMILES string of the molecule is Cn1cc(C2CC(C(=O)O)CN(C(=O)C3CCOC3)C2)cn1. The number of hydrogen-bond donors (Lipinski definition) is 1. The van der Waals surface area contributed by atoms with E-state index in [0.29, 0.717) is 32.7 Å². The fraction of sp³-hybridized carbons (Fsp3) is 0.667. The molecule has 1 aromatic heterocycles. The number of aryl methyl sites for hydroxylation is 1. The van der Waals surface area contributed by atoms with Gasteiger partial charge in [0.15, 0.2) is 0 Å². The molecule has 1 aromatic rings. The highest BCUT2D eigenvalue weighted by Gasteiger charge is 2.37. The number of aromatic nitrogens is 2. The number of carbonyl (C=O) groups excluding carboxylic acids is 1. The molecule has 2 saturated heterocycles. The monoisotopic (exact) mass is 307 g/mol. The Morgan fingerprint density at radius 3 is 2.77 bits per heavy atom. The lowest BCUT2D eigenvalue weighted by Crippen LogP contribution is -2.47. The number of carboxylic acid groups (broad SMARTS) is 1. The van der Waals surface area contributed by atoms with Gasteiger partial charge in [0.05, 0.1) is 24.6 Å². The number of piperidine rings is 1. The maximum absolute atomic E-state index is 12.6. The minimum Gasteiger partial charge on any atom is -0.481 e. The molecule has 120 valence electrons. The smallest absolute Gasteiger partial charge is 0.308 e. The largest absolute Gasteiger partial charge is 0.481 e. The van der Waals surface area contributed by atoms with Crippen molar-refractivity contribution in [1.82, 2.24) is 14.7 Å². The molecule has 0 aliphatic carbocycles. The second-order valence-corrected chi connectivity index (χ2v) is 6.22. The summed E-state index contributed by atoms with van der Waals surface area (Å²) in [6.07, 6.45) is 4.93. The van der Waals surface area contributed by atoms with Crippen molar-refractivity contribution in [3.05, 3.63) is 18.0 Å². The number of rotatable bonds is 3. The average molecular weight is 307 g/mol. The van der Waals surface area contributed by atoms with E-state index < -0.39 is 11.9 Å². The molecule has 0 bridgehead atoms. The Hall–Kier alpha value is -1.89. The molecule has 2 fully saturated rings. The molecule has 3 rings (SSSR count). The summed E-state index contributed by atoms with van der Waals surface area (Å²) in [5.41, 5.74) is 0.994. The third-order valence-corrected chi connectivity index (χ3v) is 4.59. The molecule has 0 radical (unpaired) electrons. The van der Waals surface area contributed by atoms with Crippen molar-refractivity contribution in [1.29, 1.82) is 0 Å². The zero-order chi connectivity index (χ0) is 15.7. The Bertz CT molecular complexity index is 565. The van der Waals surface area contributed by atoms with Gasteiger partial charge in [-0.2, -0.15) is 5.10 Å². The van der Waals surface area contributed by atoms with Crippen molar-refractivity contribution in [3.8, 4) is 0 Å². The Labute approximate surface area is 128 Å². The summed E-state index contributed by atoms with van der Waals surface area (Å²) in [5.74, 6) is -1.44. The fourth-order valence-electron chi connectivity index (χ4n) is 3.34. The van der Waals surface area contributed by atoms with E-state index in [0.717, 1.165) is 12.0 Å². The Morgan fingerprint density at radius 2 is 2.18 bits per heavy atom. The van der Waals surface area contributed by atoms with E-state index in [1.807, 2.05) is 13.2 Å². The van der Waals surface area contributed by atoms with Crippen LogP contribution < -0.4 is 0 Å². The van der Waals surface area contributed by atoms with Crippen molar-refractivity contribution in [2.45, 2.75) is 18.8 Å². The first-order chi connectivity index (χ1) is 10.5. The highest BCUT2D eigenvalue weighted by molar-refractivity contribution is 5.80. The van der Waals surface area contributed by atoms with Crippen molar-refractivity contribution in [3.63, 3.8) is 0 Å². The molecule has 0 aromatic carbocycles. The fourth-order valence-corrected chi connectivity index (χ4v) is 3.34. The van der Waals surface area contributed by atoms with E-state index in [4.69, 9.17) is 4.74 Å². The third kappa shape index (κ3) is 2.99. The maximum atomic E-state index is 12.6. The van der Waals surface area contributed by atoms with Gasteiger partial charge in [-0.15, -0.1) is 0 Å². The van der Waals surface area contributed by atoms with E-state index in [2.05, 4.69) is 5.10 Å². The van der Waals surface area contributed by atoms with Crippen LogP contribution in [-0.4, -0.2) is 58.0 Å². The zero-order valence-corrected chi connectivity index (χ0v) is 12.6. The van der Waals surface area contributed by atoms with Crippen LogP contribution in [0.3, 0.4) is 0 Å². The second-order valence-electron chi connectivity index (χ2n) is 6.22. The van der Waals surface area contributed by atoms with Crippen LogP contribution in [0, 0.1) is 11.8 Å². The number of ether oxygens (including phenoxy) is 1. The number of nitrogens with zero attached hydrogens (tertiary/aromatic N) is 3. The molecule has 7 nitrogen and oxygen atoms in total. The molecule has 0 saturated carbocycles. The molecular formula is C15H21N3O4. The predicted octanol–water partition coefficient (Wildman–Crippen LogP) is 0.473. The number of carbonyl (C=O) groups is 2. The molecule has 3 atom stereocenters. The van der Waals surface area contributed by atoms with Crippen molar-refractivity contribution < 1.29 is 19.4 Å². The van der Waals surface area contributed by atoms with Gasteiger partial charge >= 0.3 is 5.97 Å². The molecule has 3 unspecified atom stereocenters. The summed E-state index contributed by atoms with van der Waals surface area (Å²) in [6, 6.07) is 0. The topological polar surface area (TPSA) is 84.7 Å². The molecule has 1 amide bonds. The summed E-state index contributed by atoms with van der Waals surface area (Å²) >= 11 is 0. The lowest BCUT2D eigenvalue weighted by Gasteiger charge is -2.37. The average Bonchev–Trinajstić information content (AvgIpc) is 3.17. The van der Waals surface area contributed by atoms with Crippen molar-refractivity contribution in [2.75, 3.05) is 26.3 Å². The van der Waals surface area contributed by atoms with Crippen LogP contribution in [0.5, 0.6) is 0 Å². The number of likely N-dealkylation sites (tertiary alicyclic amines) is 1. The number of amides is 1. The quantitative estimate of drug-likeness (QED) is 0.877. The van der Waals surface area contributed by atoms with E-state index in [-0.39, 0.29) is 17.7 Å². The molecule has 1 N–H and O–H groups in total. The lowest BCUT2D eigenvalue weighted by molar-refractivity contribution is -0.147. The molecule has 7 heteroatoms. The van der Waals surface area contributed by atoms with Crippen LogP contribution in [-0.2, 0) is 21.4 Å². The minimum absolute atomic E-state index is 0.0230. The van der Waals surface area contributed by atoms with Gasteiger partial charge in [-0.1, -0.05) is 0 Å². The van der Waals surface area contributed by atoms with E-state index >= 15 is 0 Å². The normalized spacial score (nSPS) is 28.8. The van der Waals surface area contributed by atoms with Gasteiger partial charge in [-0.05, 0) is 18.4 Å². The summed E-state index contributed by atoms with van der Waals surface area (Å²) in [5, 5.41) is 13.5. The number of aliphatic carboxylic acids is 1. The van der Waals surface area contributed by atoms with Crippen molar-refractivity contribution >= 4 is 11.9 Å². The predicted molar refractivity (Wildman–Crippen MR) is 77.2 cm³/mol. The standard InChI is InChI=1S/C15H21N3O4/c1-17-6-13(5-16-17)11-4-12(15(20)21)8-18(7-11)14(19)10-2-3-22-9-10/h5-6,10-12H,2-4,7-9H2,1H3,(H,20,21). The van der Waals surface area contributed by atoms with Crippen LogP contribution in [0.2, 0.25) is 0 Å². The first-order valence-corrected chi connectivity index (χ1v) is 7.62. The first kappa shape index (κ1) is 15.0. The zero-order valence-electron chi connectivity index (χ0n) is 12.6. The molecular weight excluding hydrogens is 286 g/mol. The van der Waals surface area contributed by atoms with Gasteiger partial charge in [0, 0.05) is 38.9 Å². The van der Waals surface area contributed by atoms with Crippen LogP contribution in [0.15, 0.2) is 12.4 Å². The van der Waals surface area contributed by atoms with Crippen LogP contribution in [0.4, 0.5) is 0 Å². The molecule has 22 heavy (non-hydrogen) atoms. The van der Waals surface area contributed by atoms with Crippen LogP contribution in [0.25, 0.3) is 0 Å². The molecule has 2 aliphatic heterocycles. The summed E-state index contributed by atoms with van der Waals surface area (Å²) < 4.78 is 6.99. The van der Waals surface area contributed by atoms with Crippen LogP contribution in [0.1, 0.15) is 24.3 Å².